The fourth-order valence-corrected chi connectivity index (χ4v) is 3.33. The van der Waals surface area contributed by atoms with Crippen LogP contribution in [-0.4, -0.2) is 32.2 Å². The highest BCUT2D eigenvalue weighted by molar-refractivity contribution is 5.96. The fraction of sp³-hybridized carbons (Fsp3) is 0.350. The number of quaternary nitrogens is 1. The second-order valence-corrected chi connectivity index (χ2v) is 6.26. The molecule has 0 radical (unpaired) electrons. The van der Waals surface area contributed by atoms with Crippen LogP contribution < -0.4 is 14.7 Å². The number of rotatable bonds is 6. The van der Waals surface area contributed by atoms with E-state index in [1.165, 1.54) is 32.4 Å². The van der Waals surface area contributed by atoms with Crippen molar-refractivity contribution in [2.45, 2.75) is 19.3 Å². The Balaban J connectivity index is 1.78. The Labute approximate surface area is 142 Å². The molecule has 1 N–H and O–H groups in total. The normalized spacial score (nSPS) is 15.8. The zero-order valence-electron chi connectivity index (χ0n) is 13.8. The van der Waals surface area contributed by atoms with Crippen molar-refractivity contribution in [2.75, 3.05) is 26.2 Å². The zero-order valence-corrected chi connectivity index (χ0v) is 13.8. The second kappa shape index (κ2) is 7.97. The van der Waals surface area contributed by atoms with E-state index in [4.69, 9.17) is 4.74 Å². The number of nitrogens with one attached hydrogen (secondary N) is 1. The first kappa shape index (κ1) is 16.5. The molecule has 1 saturated heterocycles. The third-order valence-corrected chi connectivity index (χ3v) is 4.59. The van der Waals surface area contributed by atoms with Crippen LogP contribution in [0, 0.1) is 0 Å². The Bertz CT molecular complexity index is 733. The molecule has 0 unspecified atom stereocenters. The summed E-state index contributed by atoms with van der Waals surface area (Å²) in [5.41, 5.74) is 0.797. The minimum Gasteiger partial charge on any atom is -0.545 e. The smallest absolute Gasteiger partial charge is 0.137 e. The lowest BCUT2D eigenvalue weighted by Crippen LogP contribution is -3.13. The molecule has 0 aliphatic carbocycles. The van der Waals surface area contributed by atoms with Gasteiger partial charge in [0.15, 0.2) is 0 Å². The number of hydrogen-bond acceptors (Lipinski definition) is 3. The summed E-state index contributed by atoms with van der Waals surface area (Å²) in [6.07, 6.45) is 6.56. The van der Waals surface area contributed by atoms with Crippen molar-refractivity contribution < 1.29 is 19.5 Å². The van der Waals surface area contributed by atoms with E-state index >= 15 is 0 Å². The molecule has 0 aromatic heterocycles. The predicted octanol–water partition coefficient (Wildman–Crippen LogP) is 1.05. The molecule has 126 valence electrons. The minimum absolute atomic E-state index is 0.639. The standard InChI is InChI=1S/C20H23NO3/c22-20(23)11-9-18-17-7-3-2-6-16(17)8-10-19(18)24-15-14-21-12-4-1-5-13-21/h2-3,6-11H,1,4-5,12-15H2,(H,22,23)/b11-9+. The molecule has 2 aromatic carbocycles. The predicted molar refractivity (Wildman–Crippen MR) is 92.9 cm³/mol. The van der Waals surface area contributed by atoms with Gasteiger partial charge in [0.1, 0.15) is 18.9 Å². The van der Waals surface area contributed by atoms with E-state index in [-0.39, 0.29) is 0 Å². The van der Waals surface area contributed by atoms with Gasteiger partial charge in [0, 0.05) is 5.56 Å². The van der Waals surface area contributed by atoms with Gasteiger partial charge in [-0.3, -0.25) is 0 Å². The third kappa shape index (κ3) is 4.15. The number of carboxylic acids is 1. The Morgan fingerprint density at radius 2 is 1.92 bits per heavy atom. The average Bonchev–Trinajstić information content (AvgIpc) is 2.61. The van der Waals surface area contributed by atoms with Crippen LogP contribution in [0.2, 0.25) is 0 Å². The topological polar surface area (TPSA) is 53.8 Å². The zero-order chi connectivity index (χ0) is 16.8. The van der Waals surface area contributed by atoms with Crippen LogP contribution in [0.1, 0.15) is 24.8 Å². The van der Waals surface area contributed by atoms with Crippen molar-refractivity contribution in [2.24, 2.45) is 0 Å². The van der Waals surface area contributed by atoms with Crippen LogP contribution in [0.15, 0.2) is 42.5 Å². The molecule has 0 saturated carbocycles. The largest absolute Gasteiger partial charge is 0.545 e. The first-order chi connectivity index (χ1) is 11.7. The lowest BCUT2D eigenvalue weighted by atomic mass is 10.0. The van der Waals surface area contributed by atoms with Gasteiger partial charge in [-0.2, -0.15) is 0 Å². The number of fused-ring (bicyclic) bond motifs is 1. The van der Waals surface area contributed by atoms with Gasteiger partial charge in [0.2, 0.25) is 0 Å². The number of hydrogen-bond donors (Lipinski definition) is 1. The number of aliphatic carboxylic acids is 1. The van der Waals surface area contributed by atoms with E-state index in [1.54, 1.807) is 11.0 Å². The molecule has 0 bridgehead atoms. The van der Waals surface area contributed by atoms with Crippen LogP contribution in [0.3, 0.4) is 0 Å². The van der Waals surface area contributed by atoms with Crippen molar-refractivity contribution >= 4 is 22.8 Å². The Hall–Kier alpha value is -2.33. The molecule has 1 fully saturated rings. The number of ether oxygens (including phenoxy) is 1. The first-order valence-corrected chi connectivity index (χ1v) is 8.61. The fourth-order valence-electron chi connectivity index (χ4n) is 3.33. The summed E-state index contributed by atoms with van der Waals surface area (Å²) in [6.45, 7) is 4.06. The van der Waals surface area contributed by atoms with Gasteiger partial charge < -0.3 is 19.5 Å². The van der Waals surface area contributed by atoms with Crippen molar-refractivity contribution in [3.05, 3.63) is 48.0 Å². The van der Waals surface area contributed by atoms with Gasteiger partial charge in [0.05, 0.1) is 19.1 Å². The number of carbonyl (C=O) groups is 1. The number of carbonyl (C=O) groups excluding carboxylic acids is 1. The number of carboxylic acid groups (broad SMARTS) is 1. The first-order valence-electron chi connectivity index (χ1n) is 8.61. The highest BCUT2D eigenvalue weighted by Crippen LogP contribution is 2.29. The summed E-state index contributed by atoms with van der Waals surface area (Å²) >= 11 is 0. The lowest BCUT2D eigenvalue weighted by molar-refractivity contribution is -0.904. The highest BCUT2D eigenvalue weighted by Gasteiger charge is 2.13. The van der Waals surface area contributed by atoms with Crippen molar-refractivity contribution in [3.8, 4) is 5.75 Å². The number of likely N-dealkylation sites (tertiary alicyclic amines) is 1. The van der Waals surface area contributed by atoms with E-state index in [9.17, 15) is 9.90 Å². The van der Waals surface area contributed by atoms with Crippen LogP contribution in [0.25, 0.3) is 16.8 Å². The highest BCUT2D eigenvalue weighted by atomic mass is 16.5. The molecular weight excluding hydrogens is 302 g/mol. The molecule has 2 aromatic rings. The summed E-state index contributed by atoms with van der Waals surface area (Å²) in [6, 6.07) is 11.8. The molecule has 24 heavy (non-hydrogen) atoms. The van der Waals surface area contributed by atoms with Gasteiger partial charge >= 0.3 is 0 Å². The van der Waals surface area contributed by atoms with Gasteiger partial charge in [-0.15, -0.1) is 0 Å². The molecule has 1 aliphatic heterocycles. The van der Waals surface area contributed by atoms with Gasteiger partial charge in [-0.25, -0.2) is 0 Å². The van der Waals surface area contributed by atoms with Crippen molar-refractivity contribution in [1.29, 1.82) is 0 Å². The summed E-state index contributed by atoms with van der Waals surface area (Å²) in [5, 5.41) is 12.8. The van der Waals surface area contributed by atoms with Gasteiger partial charge in [-0.1, -0.05) is 30.3 Å². The maximum atomic E-state index is 10.8. The van der Waals surface area contributed by atoms with Crippen LogP contribution in [0.5, 0.6) is 5.75 Å². The van der Waals surface area contributed by atoms with Crippen LogP contribution >= 0.6 is 0 Å². The van der Waals surface area contributed by atoms with E-state index < -0.39 is 5.97 Å². The molecule has 1 aliphatic rings. The lowest BCUT2D eigenvalue weighted by Gasteiger charge is -2.23. The molecule has 0 amide bonds. The molecule has 0 spiro atoms. The molecule has 0 atom stereocenters. The molecule has 4 heteroatoms. The summed E-state index contributed by atoms with van der Waals surface area (Å²) < 4.78 is 5.99. The minimum atomic E-state index is -1.20. The van der Waals surface area contributed by atoms with E-state index in [2.05, 4.69) is 0 Å². The Kier molecular flexibility index (Phi) is 5.49. The number of benzene rings is 2. The summed E-state index contributed by atoms with van der Waals surface area (Å²) in [7, 11) is 0. The van der Waals surface area contributed by atoms with Gasteiger partial charge in [-0.05, 0) is 48.3 Å². The second-order valence-electron chi connectivity index (χ2n) is 6.26. The van der Waals surface area contributed by atoms with Crippen LogP contribution in [-0.2, 0) is 4.79 Å². The van der Waals surface area contributed by atoms with Gasteiger partial charge in [0.25, 0.3) is 0 Å². The molecule has 1 heterocycles. The Morgan fingerprint density at radius 1 is 1.12 bits per heavy atom. The quantitative estimate of drug-likeness (QED) is 0.808. The summed E-state index contributed by atoms with van der Waals surface area (Å²) in [4.78, 5) is 12.4. The molecular formula is C20H23NO3. The monoisotopic (exact) mass is 325 g/mol. The van der Waals surface area contributed by atoms with E-state index in [0.29, 0.717) is 6.61 Å². The maximum absolute atomic E-state index is 10.8. The average molecular weight is 325 g/mol. The molecule has 3 rings (SSSR count). The Morgan fingerprint density at radius 3 is 2.71 bits per heavy atom. The van der Waals surface area contributed by atoms with E-state index in [0.717, 1.165) is 34.7 Å². The maximum Gasteiger partial charge on any atom is 0.137 e. The molecule has 4 nitrogen and oxygen atoms in total. The van der Waals surface area contributed by atoms with Crippen molar-refractivity contribution in [1.82, 2.24) is 0 Å². The third-order valence-electron chi connectivity index (χ3n) is 4.59. The SMILES string of the molecule is O=C([O-])/C=C/c1c(OCC[NH+]2CCCCC2)ccc2ccccc12. The number of piperidine rings is 1. The van der Waals surface area contributed by atoms with Crippen LogP contribution in [0.4, 0.5) is 0 Å². The van der Waals surface area contributed by atoms with Crippen molar-refractivity contribution in [3.63, 3.8) is 0 Å². The van der Waals surface area contributed by atoms with E-state index in [1.807, 2.05) is 36.4 Å². The summed E-state index contributed by atoms with van der Waals surface area (Å²) in [5.74, 6) is -0.478.